The lowest BCUT2D eigenvalue weighted by Crippen LogP contribution is -2.23. The van der Waals surface area contributed by atoms with Crippen molar-refractivity contribution >= 4 is 11.8 Å². The van der Waals surface area contributed by atoms with Crippen LogP contribution in [0.15, 0.2) is 23.3 Å². The predicted molar refractivity (Wildman–Crippen MR) is 55.1 cm³/mol. The minimum absolute atomic E-state index is 0.241. The highest BCUT2D eigenvalue weighted by atomic mass is 16.5. The van der Waals surface area contributed by atoms with E-state index in [1.807, 2.05) is 0 Å². The fraction of sp³-hybridized carbons (Fsp3) is 0.500. The van der Waals surface area contributed by atoms with E-state index >= 15 is 0 Å². The van der Waals surface area contributed by atoms with E-state index in [2.05, 4.69) is 4.74 Å². The average molecular weight is 206 g/mol. The molecule has 1 atom stereocenters. The zero-order chi connectivity index (χ0) is 10.8. The number of Topliss-reactive ketones (excluding diaryl/α,β-unsaturated/α-hetero) is 1. The maximum absolute atomic E-state index is 11.6. The fourth-order valence-electron chi connectivity index (χ4n) is 2.28. The van der Waals surface area contributed by atoms with E-state index in [0.29, 0.717) is 18.4 Å². The van der Waals surface area contributed by atoms with E-state index in [9.17, 15) is 9.59 Å². The molecule has 0 aromatic carbocycles. The van der Waals surface area contributed by atoms with Crippen LogP contribution in [0.5, 0.6) is 0 Å². The molecule has 3 nitrogen and oxygen atoms in total. The summed E-state index contributed by atoms with van der Waals surface area (Å²) in [6, 6.07) is 0. The first kappa shape index (κ1) is 10.1. The molecule has 0 saturated heterocycles. The number of allylic oxidation sites excluding steroid dienone is 3. The third-order valence-corrected chi connectivity index (χ3v) is 3.10. The maximum Gasteiger partial charge on any atom is 0.333 e. The molecule has 80 valence electrons. The molecule has 0 aliphatic heterocycles. The van der Waals surface area contributed by atoms with Crippen molar-refractivity contribution in [3.05, 3.63) is 23.3 Å². The molecule has 0 spiro atoms. The van der Waals surface area contributed by atoms with Gasteiger partial charge in [-0.15, -0.1) is 0 Å². The number of esters is 1. The summed E-state index contributed by atoms with van der Waals surface area (Å²) in [6.07, 6.45) is 6.78. The lowest BCUT2D eigenvalue weighted by atomic mass is 9.77. The molecule has 0 heterocycles. The molecule has 1 unspecified atom stereocenters. The number of ketones is 1. The van der Waals surface area contributed by atoms with Crippen molar-refractivity contribution in [2.24, 2.45) is 5.92 Å². The summed E-state index contributed by atoms with van der Waals surface area (Å²) in [4.78, 5) is 22.9. The number of methoxy groups -OCH3 is 1. The van der Waals surface area contributed by atoms with Crippen molar-refractivity contribution in [3.63, 3.8) is 0 Å². The van der Waals surface area contributed by atoms with Crippen LogP contribution in [0, 0.1) is 5.92 Å². The van der Waals surface area contributed by atoms with E-state index in [1.54, 1.807) is 12.2 Å². The van der Waals surface area contributed by atoms with Gasteiger partial charge in [0, 0.05) is 12.0 Å². The second-order valence-corrected chi connectivity index (χ2v) is 4.02. The smallest absolute Gasteiger partial charge is 0.333 e. The quantitative estimate of drug-likeness (QED) is 0.614. The third-order valence-electron chi connectivity index (χ3n) is 3.10. The average Bonchev–Trinajstić information content (AvgIpc) is 2.28. The largest absolute Gasteiger partial charge is 0.466 e. The van der Waals surface area contributed by atoms with Crippen molar-refractivity contribution in [2.45, 2.75) is 25.7 Å². The van der Waals surface area contributed by atoms with Gasteiger partial charge in [-0.2, -0.15) is 0 Å². The van der Waals surface area contributed by atoms with Gasteiger partial charge < -0.3 is 4.74 Å². The van der Waals surface area contributed by atoms with Crippen molar-refractivity contribution < 1.29 is 14.3 Å². The Morgan fingerprint density at radius 2 is 2.27 bits per heavy atom. The Kier molecular flexibility index (Phi) is 2.71. The van der Waals surface area contributed by atoms with Crippen LogP contribution in [0.4, 0.5) is 0 Å². The molecule has 0 radical (unpaired) electrons. The standard InChI is InChI=1S/C12H14O3/c1-15-12(14)9-5-6-10-8(7-9)3-2-4-11(10)13/h5-6,8H,2-4,7H2,1H3. The van der Waals surface area contributed by atoms with E-state index in [1.165, 1.54) is 7.11 Å². The lowest BCUT2D eigenvalue weighted by Gasteiger charge is -2.27. The maximum atomic E-state index is 11.6. The van der Waals surface area contributed by atoms with Gasteiger partial charge in [-0.05, 0) is 30.8 Å². The highest BCUT2D eigenvalue weighted by Crippen LogP contribution is 2.34. The fourth-order valence-corrected chi connectivity index (χ4v) is 2.28. The van der Waals surface area contributed by atoms with Crippen LogP contribution in [-0.2, 0) is 14.3 Å². The Labute approximate surface area is 88.8 Å². The molecule has 0 N–H and O–H groups in total. The van der Waals surface area contributed by atoms with Crippen molar-refractivity contribution in [1.82, 2.24) is 0 Å². The summed E-state index contributed by atoms with van der Waals surface area (Å²) in [5.74, 6) is 0.208. The predicted octanol–water partition coefficient (Wildman–Crippen LogP) is 1.79. The molecule has 0 aromatic heterocycles. The van der Waals surface area contributed by atoms with Crippen molar-refractivity contribution in [3.8, 4) is 0 Å². The SMILES string of the molecule is COC(=O)C1=CC=C2C(=O)CCCC2C1. The van der Waals surface area contributed by atoms with E-state index in [4.69, 9.17) is 0 Å². The molecule has 0 aromatic rings. The molecule has 2 rings (SSSR count). The molecule has 2 aliphatic rings. The summed E-state index contributed by atoms with van der Waals surface area (Å²) in [5, 5.41) is 0. The van der Waals surface area contributed by atoms with Crippen LogP contribution in [-0.4, -0.2) is 18.9 Å². The van der Waals surface area contributed by atoms with E-state index in [-0.39, 0.29) is 17.7 Å². The molecule has 3 heteroatoms. The van der Waals surface area contributed by atoms with Crippen molar-refractivity contribution in [2.75, 3.05) is 7.11 Å². The molecule has 0 bridgehead atoms. The van der Waals surface area contributed by atoms with Crippen molar-refractivity contribution in [1.29, 1.82) is 0 Å². The zero-order valence-corrected chi connectivity index (χ0v) is 8.79. The second kappa shape index (κ2) is 4.01. The van der Waals surface area contributed by atoms with Gasteiger partial charge in [-0.25, -0.2) is 4.79 Å². The summed E-state index contributed by atoms with van der Waals surface area (Å²) < 4.78 is 4.67. The highest BCUT2D eigenvalue weighted by molar-refractivity contribution is 5.98. The van der Waals surface area contributed by atoms with Gasteiger partial charge in [-0.3, -0.25) is 4.79 Å². The summed E-state index contributed by atoms with van der Waals surface area (Å²) in [6.45, 7) is 0. The first-order valence-electron chi connectivity index (χ1n) is 5.24. The van der Waals surface area contributed by atoms with Gasteiger partial charge in [0.15, 0.2) is 5.78 Å². The van der Waals surface area contributed by atoms with E-state index < -0.39 is 0 Å². The minimum Gasteiger partial charge on any atom is -0.466 e. The van der Waals surface area contributed by atoms with Gasteiger partial charge in [0.1, 0.15) is 0 Å². The van der Waals surface area contributed by atoms with Gasteiger partial charge in [0.05, 0.1) is 7.11 Å². The van der Waals surface area contributed by atoms with Gasteiger partial charge >= 0.3 is 5.97 Å². The Bertz CT molecular complexity index is 363. The van der Waals surface area contributed by atoms with Crippen LogP contribution in [0.1, 0.15) is 25.7 Å². The first-order chi connectivity index (χ1) is 7.22. The Morgan fingerprint density at radius 1 is 1.47 bits per heavy atom. The molecular formula is C12H14O3. The van der Waals surface area contributed by atoms with Crippen LogP contribution in [0.25, 0.3) is 0 Å². The van der Waals surface area contributed by atoms with Crippen LogP contribution >= 0.6 is 0 Å². The molecule has 1 saturated carbocycles. The summed E-state index contributed by atoms with van der Waals surface area (Å²) >= 11 is 0. The topological polar surface area (TPSA) is 43.4 Å². The minimum atomic E-state index is -0.275. The molecular weight excluding hydrogens is 192 g/mol. The van der Waals surface area contributed by atoms with Crippen LogP contribution < -0.4 is 0 Å². The summed E-state index contributed by atoms with van der Waals surface area (Å²) in [7, 11) is 1.38. The number of carbonyl (C=O) groups excluding carboxylic acids is 2. The number of ether oxygens (including phenoxy) is 1. The molecule has 15 heavy (non-hydrogen) atoms. The number of rotatable bonds is 1. The Morgan fingerprint density at radius 3 is 3.00 bits per heavy atom. The summed E-state index contributed by atoms with van der Waals surface area (Å²) in [5.41, 5.74) is 1.58. The monoisotopic (exact) mass is 206 g/mol. The van der Waals surface area contributed by atoms with E-state index in [0.717, 1.165) is 18.4 Å². The normalized spacial score (nSPS) is 25.1. The zero-order valence-electron chi connectivity index (χ0n) is 8.79. The third kappa shape index (κ3) is 1.87. The Balaban J connectivity index is 2.22. The lowest BCUT2D eigenvalue weighted by molar-refractivity contribution is -0.136. The van der Waals surface area contributed by atoms with Gasteiger partial charge in [-0.1, -0.05) is 12.2 Å². The first-order valence-corrected chi connectivity index (χ1v) is 5.24. The molecule has 0 amide bonds. The number of hydrogen-bond acceptors (Lipinski definition) is 3. The number of hydrogen-bond donors (Lipinski definition) is 0. The van der Waals surface area contributed by atoms with Gasteiger partial charge in [0.25, 0.3) is 0 Å². The van der Waals surface area contributed by atoms with Gasteiger partial charge in [0.2, 0.25) is 0 Å². The molecule has 2 aliphatic carbocycles. The molecule has 1 fully saturated rings. The highest BCUT2D eigenvalue weighted by Gasteiger charge is 2.29. The second-order valence-electron chi connectivity index (χ2n) is 4.02. The Hall–Kier alpha value is -1.38. The van der Waals surface area contributed by atoms with Crippen LogP contribution in [0.2, 0.25) is 0 Å². The number of carbonyl (C=O) groups is 2. The number of fused-ring (bicyclic) bond motifs is 1. The van der Waals surface area contributed by atoms with Crippen LogP contribution in [0.3, 0.4) is 0 Å².